The SMILES string of the molecule is COc1cccc(OC)c1-n1c(-c2cccc(C3CC3)n2)nc2ncc(Cl)nc21. The second-order valence-electron chi connectivity index (χ2n) is 6.84. The number of halogens is 1. The quantitative estimate of drug-likeness (QED) is 0.487. The van der Waals surface area contributed by atoms with E-state index in [0.717, 1.165) is 11.4 Å². The van der Waals surface area contributed by atoms with Gasteiger partial charge in [0.25, 0.3) is 0 Å². The third-order valence-corrected chi connectivity index (χ3v) is 5.14. The van der Waals surface area contributed by atoms with Crippen molar-refractivity contribution in [1.82, 2.24) is 24.5 Å². The second kappa shape index (κ2) is 7.00. The fourth-order valence-corrected chi connectivity index (χ4v) is 3.58. The van der Waals surface area contributed by atoms with Gasteiger partial charge in [0.15, 0.2) is 17.1 Å². The van der Waals surface area contributed by atoms with Crippen molar-refractivity contribution in [2.24, 2.45) is 0 Å². The largest absolute Gasteiger partial charge is 0.494 e. The van der Waals surface area contributed by atoms with Gasteiger partial charge in [-0.15, -0.1) is 0 Å². The molecule has 0 spiro atoms. The van der Waals surface area contributed by atoms with E-state index in [1.165, 1.54) is 19.0 Å². The molecule has 0 bridgehead atoms. The van der Waals surface area contributed by atoms with Crippen molar-refractivity contribution in [2.75, 3.05) is 14.2 Å². The van der Waals surface area contributed by atoms with E-state index in [1.807, 2.05) is 34.9 Å². The number of hydrogen-bond acceptors (Lipinski definition) is 6. The molecule has 5 rings (SSSR count). The van der Waals surface area contributed by atoms with Crippen LogP contribution < -0.4 is 9.47 Å². The summed E-state index contributed by atoms with van der Waals surface area (Å²) in [5.74, 6) is 2.36. The lowest BCUT2D eigenvalue weighted by molar-refractivity contribution is 0.391. The standard InChI is InChI=1S/C21H18ClN5O2/c1-28-15-7-4-8-16(29-2)18(15)27-20(26-19-21(27)25-17(22)11-23-19)14-6-3-5-13(24-14)12-9-10-12/h3-8,11-12H,9-10H2,1-2H3. The monoisotopic (exact) mass is 407 g/mol. The van der Waals surface area contributed by atoms with Gasteiger partial charge in [0.2, 0.25) is 0 Å². The van der Waals surface area contributed by atoms with Gasteiger partial charge in [-0.05, 0) is 37.1 Å². The number of nitrogens with zero attached hydrogens (tertiary/aromatic N) is 5. The Morgan fingerprint density at radius 1 is 0.966 bits per heavy atom. The molecule has 4 aromatic rings. The molecule has 0 saturated heterocycles. The van der Waals surface area contributed by atoms with E-state index < -0.39 is 0 Å². The summed E-state index contributed by atoms with van der Waals surface area (Å²) in [6.45, 7) is 0. The highest BCUT2D eigenvalue weighted by Crippen LogP contribution is 2.41. The molecule has 0 N–H and O–H groups in total. The minimum Gasteiger partial charge on any atom is -0.494 e. The van der Waals surface area contributed by atoms with Crippen LogP contribution in [0.4, 0.5) is 0 Å². The van der Waals surface area contributed by atoms with Crippen LogP contribution in [-0.2, 0) is 0 Å². The maximum Gasteiger partial charge on any atom is 0.198 e. The van der Waals surface area contributed by atoms with E-state index in [-0.39, 0.29) is 5.15 Å². The Balaban J connectivity index is 1.84. The van der Waals surface area contributed by atoms with E-state index in [9.17, 15) is 0 Å². The lowest BCUT2D eigenvalue weighted by Crippen LogP contribution is -2.05. The molecule has 0 aliphatic heterocycles. The summed E-state index contributed by atoms with van der Waals surface area (Å²) >= 11 is 6.16. The van der Waals surface area contributed by atoms with Crippen LogP contribution in [-0.4, -0.2) is 38.7 Å². The number of pyridine rings is 1. The van der Waals surface area contributed by atoms with Crippen molar-refractivity contribution >= 4 is 22.9 Å². The summed E-state index contributed by atoms with van der Waals surface area (Å²) in [7, 11) is 3.23. The van der Waals surface area contributed by atoms with Crippen molar-refractivity contribution < 1.29 is 9.47 Å². The van der Waals surface area contributed by atoms with Gasteiger partial charge >= 0.3 is 0 Å². The van der Waals surface area contributed by atoms with Crippen molar-refractivity contribution in [3.05, 3.63) is 53.4 Å². The van der Waals surface area contributed by atoms with Crippen LogP contribution in [0.25, 0.3) is 28.5 Å². The summed E-state index contributed by atoms with van der Waals surface area (Å²) in [4.78, 5) is 18.4. The minimum absolute atomic E-state index is 0.277. The first-order valence-corrected chi connectivity index (χ1v) is 9.67. The number of fused-ring (bicyclic) bond motifs is 1. The molecule has 0 unspecified atom stereocenters. The predicted octanol–water partition coefficient (Wildman–Crippen LogP) is 4.43. The van der Waals surface area contributed by atoms with Crippen LogP contribution in [0.2, 0.25) is 5.15 Å². The van der Waals surface area contributed by atoms with Gasteiger partial charge in [-0.2, -0.15) is 0 Å². The molecular formula is C21H18ClN5O2. The number of rotatable bonds is 5. The zero-order valence-electron chi connectivity index (χ0n) is 16.0. The second-order valence-corrected chi connectivity index (χ2v) is 7.23. The highest BCUT2D eigenvalue weighted by molar-refractivity contribution is 6.29. The van der Waals surface area contributed by atoms with Gasteiger partial charge < -0.3 is 9.47 Å². The number of hydrogen-bond donors (Lipinski definition) is 0. The normalized spacial score (nSPS) is 13.6. The van der Waals surface area contributed by atoms with Gasteiger partial charge in [0.1, 0.15) is 28.0 Å². The molecule has 1 saturated carbocycles. The van der Waals surface area contributed by atoms with Crippen molar-refractivity contribution in [3.8, 4) is 28.7 Å². The first kappa shape index (κ1) is 17.9. The lowest BCUT2D eigenvalue weighted by Gasteiger charge is -2.16. The van der Waals surface area contributed by atoms with Gasteiger partial charge in [-0.3, -0.25) is 4.57 Å². The van der Waals surface area contributed by atoms with E-state index >= 15 is 0 Å². The Kier molecular flexibility index (Phi) is 4.32. The maximum absolute atomic E-state index is 6.16. The van der Waals surface area contributed by atoms with Crippen LogP contribution in [0.1, 0.15) is 24.5 Å². The molecule has 3 aromatic heterocycles. The highest BCUT2D eigenvalue weighted by Gasteiger charge is 2.27. The van der Waals surface area contributed by atoms with Crippen LogP contribution in [0.15, 0.2) is 42.6 Å². The summed E-state index contributed by atoms with van der Waals surface area (Å²) in [6.07, 6.45) is 3.83. The molecule has 29 heavy (non-hydrogen) atoms. The minimum atomic E-state index is 0.277. The fourth-order valence-electron chi connectivity index (χ4n) is 3.45. The first-order valence-electron chi connectivity index (χ1n) is 9.29. The first-order chi connectivity index (χ1) is 14.2. The molecular weight excluding hydrogens is 390 g/mol. The molecule has 0 amide bonds. The lowest BCUT2D eigenvalue weighted by atomic mass is 10.2. The Morgan fingerprint density at radius 3 is 2.38 bits per heavy atom. The number of ether oxygens (including phenoxy) is 2. The summed E-state index contributed by atoms with van der Waals surface area (Å²) in [6, 6.07) is 11.6. The molecule has 1 aliphatic rings. The van der Waals surface area contributed by atoms with E-state index in [0.29, 0.717) is 40.2 Å². The van der Waals surface area contributed by atoms with Crippen LogP contribution >= 0.6 is 11.6 Å². The average Bonchev–Trinajstić information content (AvgIpc) is 3.54. The summed E-state index contributed by atoms with van der Waals surface area (Å²) in [5.41, 5.74) is 3.46. The molecule has 1 aliphatic carbocycles. The Hall–Kier alpha value is -3.19. The van der Waals surface area contributed by atoms with Crippen LogP contribution in [0, 0.1) is 0 Å². The Morgan fingerprint density at radius 2 is 1.69 bits per heavy atom. The van der Waals surface area contributed by atoms with Gasteiger partial charge in [0.05, 0.1) is 20.4 Å². The topological polar surface area (TPSA) is 75.0 Å². The third kappa shape index (κ3) is 3.07. The molecule has 8 heteroatoms. The van der Waals surface area contributed by atoms with E-state index in [4.69, 9.17) is 31.0 Å². The highest BCUT2D eigenvalue weighted by atomic mass is 35.5. The number of para-hydroxylation sites is 1. The van der Waals surface area contributed by atoms with Crippen molar-refractivity contribution in [1.29, 1.82) is 0 Å². The number of methoxy groups -OCH3 is 2. The van der Waals surface area contributed by atoms with Gasteiger partial charge in [-0.25, -0.2) is 19.9 Å². The molecule has 0 atom stereocenters. The van der Waals surface area contributed by atoms with Crippen LogP contribution in [0.3, 0.4) is 0 Å². The van der Waals surface area contributed by atoms with E-state index in [1.54, 1.807) is 14.2 Å². The number of aromatic nitrogens is 5. The zero-order chi connectivity index (χ0) is 20.0. The zero-order valence-corrected chi connectivity index (χ0v) is 16.7. The summed E-state index contributed by atoms with van der Waals surface area (Å²) < 4.78 is 13.1. The number of imidazole rings is 1. The molecule has 3 heterocycles. The van der Waals surface area contributed by atoms with Gasteiger partial charge in [0, 0.05) is 11.6 Å². The average molecular weight is 408 g/mol. The smallest absolute Gasteiger partial charge is 0.198 e. The van der Waals surface area contributed by atoms with Crippen LogP contribution in [0.5, 0.6) is 11.5 Å². The third-order valence-electron chi connectivity index (χ3n) is 4.96. The molecule has 146 valence electrons. The Bertz CT molecular complexity index is 1200. The predicted molar refractivity (Wildman–Crippen MR) is 110 cm³/mol. The molecule has 0 radical (unpaired) electrons. The summed E-state index contributed by atoms with van der Waals surface area (Å²) in [5, 5.41) is 0.277. The molecule has 7 nitrogen and oxygen atoms in total. The van der Waals surface area contributed by atoms with Crippen molar-refractivity contribution in [2.45, 2.75) is 18.8 Å². The fraction of sp³-hybridized carbons (Fsp3) is 0.238. The number of benzene rings is 1. The maximum atomic E-state index is 6.16. The molecule has 1 fully saturated rings. The molecule has 1 aromatic carbocycles. The van der Waals surface area contributed by atoms with E-state index in [2.05, 4.69) is 16.0 Å². The van der Waals surface area contributed by atoms with Crippen molar-refractivity contribution in [3.63, 3.8) is 0 Å². The Labute approximate surface area is 172 Å². The van der Waals surface area contributed by atoms with Gasteiger partial charge in [-0.1, -0.05) is 23.7 Å².